The number of unbranched alkanes of at least 4 members (excludes halogenated alkanes) is 35. The lowest BCUT2D eigenvalue weighted by Crippen LogP contribution is -2.30. The monoisotopic (exact) mass is 859 g/mol. The van der Waals surface area contributed by atoms with Gasteiger partial charge < -0.3 is 14.2 Å². The summed E-state index contributed by atoms with van der Waals surface area (Å²) < 4.78 is 16.8. The van der Waals surface area contributed by atoms with E-state index in [-0.39, 0.29) is 31.1 Å². The Morgan fingerprint density at radius 1 is 0.328 bits per heavy atom. The van der Waals surface area contributed by atoms with Crippen molar-refractivity contribution < 1.29 is 28.6 Å². The van der Waals surface area contributed by atoms with Crippen LogP contribution in [0.1, 0.15) is 290 Å². The van der Waals surface area contributed by atoms with Gasteiger partial charge in [-0.05, 0) is 38.5 Å². The Hall–Kier alpha value is -2.11. The third-order valence-corrected chi connectivity index (χ3v) is 12.0. The van der Waals surface area contributed by atoms with Gasteiger partial charge in [0, 0.05) is 19.3 Å². The first-order valence-electron chi connectivity index (χ1n) is 26.9. The molecule has 0 aliphatic heterocycles. The van der Waals surface area contributed by atoms with Crippen LogP contribution < -0.4 is 0 Å². The van der Waals surface area contributed by atoms with Gasteiger partial charge in [-0.15, -0.1) is 0 Å². The molecule has 0 aliphatic rings. The summed E-state index contributed by atoms with van der Waals surface area (Å²) >= 11 is 0. The van der Waals surface area contributed by atoms with Crippen LogP contribution in [0.25, 0.3) is 0 Å². The highest BCUT2D eigenvalue weighted by Gasteiger charge is 2.19. The topological polar surface area (TPSA) is 78.9 Å². The van der Waals surface area contributed by atoms with Crippen LogP contribution in [-0.4, -0.2) is 37.2 Å². The third-order valence-electron chi connectivity index (χ3n) is 12.0. The van der Waals surface area contributed by atoms with Crippen LogP contribution in [-0.2, 0) is 28.6 Å². The number of hydrogen-bond donors (Lipinski definition) is 0. The summed E-state index contributed by atoms with van der Waals surface area (Å²) in [5, 5.41) is 0. The van der Waals surface area contributed by atoms with E-state index in [4.69, 9.17) is 14.2 Å². The van der Waals surface area contributed by atoms with E-state index >= 15 is 0 Å². The zero-order valence-electron chi connectivity index (χ0n) is 40.9. The summed E-state index contributed by atoms with van der Waals surface area (Å²) in [4.78, 5) is 38.0. The normalized spacial score (nSPS) is 12.1. The van der Waals surface area contributed by atoms with Crippen LogP contribution in [0.2, 0.25) is 0 Å². The zero-order chi connectivity index (χ0) is 44.4. The average molecular weight is 859 g/mol. The molecule has 0 aromatic rings. The molecule has 0 aromatic heterocycles. The van der Waals surface area contributed by atoms with Gasteiger partial charge >= 0.3 is 17.9 Å². The fourth-order valence-corrected chi connectivity index (χ4v) is 7.89. The van der Waals surface area contributed by atoms with E-state index in [1.807, 2.05) is 0 Å². The number of rotatable bonds is 49. The average Bonchev–Trinajstić information content (AvgIpc) is 3.26. The van der Waals surface area contributed by atoms with Gasteiger partial charge in [-0.1, -0.05) is 257 Å². The van der Waals surface area contributed by atoms with Crippen molar-refractivity contribution in [3.8, 4) is 0 Å². The van der Waals surface area contributed by atoms with Gasteiger partial charge in [0.1, 0.15) is 13.2 Å². The molecule has 1 unspecified atom stereocenters. The molecule has 1 atom stereocenters. The second kappa shape index (κ2) is 50.5. The van der Waals surface area contributed by atoms with E-state index in [1.165, 1.54) is 180 Å². The minimum absolute atomic E-state index is 0.0745. The summed E-state index contributed by atoms with van der Waals surface area (Å²) in [6.45, 7) is 6.60. The second-order valence-electron chi connectivity index (χ2n) is 18.2. The van der Waals surface area contributed by atoms with E-state index in [2.05, 4.69) is 45.1 Å². The lowest BCUT2D eigenvalue weighted by molar-refractivity contribution is -0.167. The highest BCUT2D eigenvalue weighted by molar-refractivity contribution is 5.71. The van der Waals surface area contributed by atoms with Crippen LogP contribution in [0, 0.1) is 0 Å². The van der Waals surface area contributed by atoms with Crippen molar-refractivity contribution >= 4 is 17.9 Å². The van der Waals surface area contributed by atoms with E-state index in [0.717, 1.165) is 70.6 Å². The number of hydrogen-bond acceptors (Lipinski definition) is 6. The molecule has 0 amide bonds. The molecule has 0 bridgehead atoms. The maximum atomic E-state index is 12.8. The van der Waals surface area contributed by atoms with Gasteiger partial charge in [0.05, 0.1) is 0 Å². The largest absolute Gasteiger partial charge is 0.462 e. The highest BCUT2D eigenvalue weighted by Crippen LogP contribution is 2.17. The summed E-state index contributed by atoms with van der Waals surface area (Å²) in [6.07, 6.45) is 57.4. The van der Waals surface area contributed by atoms with E-state index < -0.39 is 6.10 Å². The predicted molar refractivity (Wildman–Crippen MR) is 261 cm³/mol. The minimum atomic E-state index is -0.775. The van der Waals surface area contributed by atoms with Crippen molar-refractivity contribution in [1.29, 1.82) is 0 Å². The molecule has 0 radical (unpaired) electrons. The molecule has 0 rings (SSSR count). The summed E-state index contributed by atoms with van der Waals surface area (Å²) in [6, 6.07) is 0. The smallest absolute Gasteiger partial charge is 0.306 e. The minimum Gasteiger partial charge on any atom is -0.462 e. The molecule has 0 aliphatic carbocycles. The van der Waals surface area contributed by atoms with E-state index in [1.54, 1.807) is 0 Å². The van der Waals surface area contributed by atoms with Crippen molar-refractivity contribution in [1.82, 2.24) is 0 Å². The molecule has 0 saturated heterocycles. The SMILES string of the molecule is CCCC/C=C\C=C/CCCCCC(=O)OCC(COC(=O)CCCCCCCCCCCCCCCCCCC)OC(=O)CCCCCCCCCCCCCCCCC. The van der Waals surface area contributed by atoms with Crippen molar-refractivity contribution in [2.24, 2.45) is 0 Å². The van der Waals surface area contributed by atoms with Crippen molar-refractivity contribution in [3.05, 3.63) is 24.3 Å². The van der Waals surface area contributed by atoms with Gasteiger partial charge in [-0.2, -0.15) is 0 Å². The van der Waals surface area contributed by atoms with Gasteiger partial charge in [0.15, 0.2) is 6.10 Å². The first-order valence-corrected chi connectivity index (χ1v) is 26.9. The molecular weight excluding hydrogens is 757 g/mol. The fraction of sp³-hybridized carbons (Fsp3) is 0.873. The standard InChI is InChI=1S/C55H102O6/c1-4-7-10-13-16-19-22-24-26-27-29-30-33-36-39-42-45-48-54(57)60-51-52(50-59-53(56)47-44-41-38-35-32-21-18-15-12-9-6-3)61-55(58)49-46-43-40-37-34-31-28-25-23-20-17-14-11-8-5-2/h15,18,21,32,52H,4-14,16-17,19-20,22-31,33-51H2,1-3H3/b18-15-,32-21-. The number of allylic oxidation sites excluding steroid dienone is 4. The van der Waals surface area contributed by atoms with Crippen LogP contribution in [0.5, 0.6) is 0 Å². The second-order valence-corrected chi connectivity index (χ2v) is 18.2. The summed E-state index contributed by atoms with van der Waals surface area (Å²) in [7, 11) is 0. The Morgan fingerprint density at radius 2 is 0.590 bits per heavy atom. The summed E-state index contributed by atoms with van der Waals surface area (Å²) in [5.74, 6) is -0.887. The first kappa shape index (κ1) is 58.9. The van der Waals surface area contributed by atoms with Crippen molar-refractivity contribution in [2.45, 2.75) is 297 Å². The van der Waals surface area contributed by atoms with Crippen molar-refractivity contribution in [2.75, 3.05) is 13.2 Å². The Morgan fingerprint density at radius 3 is 0.918 bits per heavy atom. The van der Waals surface area contributed by atoms with Crippen LogP contribution in [0.3, 0.4) is 0 Å². The molecule has 0 aromatic carbocycles. The molecule has 0 heterocycles. The Labute approximate surface area is 379 Å². The van der Waals surface area contributed by atoms with E-state index in [0.29, 0.717) is 19.3 Å². The van der Waals surface area contributed by atoms with E-state index in [9.17, 15) is 14.4 Å². The van der Waals surface area contributed by atoms with Crippen molar-refractivity contribution in [3.63, 3.8) is 0 Å². The zero-order valence-corrected chi connectivity index (χ0v) is 40.9. The highest BCUT2D eigenvalue weighted by atomic mass is 16.6. The number of esters is 3. The Bertz CT molecular complexity index is 989. The third kappa shape index (κ3) is 48.8. The summed E-state index contributed by atoms with van der Waals surface area (Å²) in [5.41, 5.74) is 0. The molecule has 0 saturated carbocycles. The Balaban J connectivity index is 4.31. The number of carbonyl (C=O) groups excluding carboxylic acids is 3. The lowest BCUT2D eigenvalue weighted by atomic mass is 10.0. The molecular formula is C55H102O6. The molecule has 0 fully saturated rings. The van der Waals surface area contributed by atoms with Gasteiger partial charge in [0.2, 0.25) is 0 Å². The molecule has 6 nitrogen and oxygen atoms in total. The maximum Gasteiger partial charge on any atom is 0.306 e. The molecule has 6 heteroatoms. The van der Waals surface area contributed by atoms with Gasteiger partial charge in [-0.25, -0.2) is 0 Å². The van der Waals surface area contributed by atoms with Gasteiger partial charge in [-0.3, -0.25) is 14.4 Å². The molecule has 0 N–H and O–H groups in total. The number of ether oxygens (including phenoxy) is 3. The predicted octanol–water partition coefficient (Wildman–Crippen LogP) is 17.5. The fourth-order valence-electron chi connectivity index (χ4n) is 7.89. The molecule has 61 heavy (non-hydrogen) atoms. The molecule has 358 valence electrons. The quantitative estimate of drug-likeness (QED) is 0.0262. The molecule has 0 spiro atoms. The maximum absolute atomic E-state index is 12.8. The first-order chi connectivity index (χ1) is 30.0. The van der Waals surface area contributed by atoms with Gasteiger partial charge in [0.25, 0.3) is 0 Å². The van der Waals surface area contributed by atoms with Crippen LogP contribution in [0.15, 0.2) is 24.3 Å². The lowest BCUT2D eigenvalue weighted by Gasteiger charge is -2.18. The Kier molecular flexibility index (Phi) is 48.8. The van der Waals surface area contributed by atoms with Crippen LogP contribution >= 0.6 is 0 Å². The van der Waals surface area contributed by atoms with Crippen LogP contribution in [0.4, 0.5) is 0 Å². The number of carbonyl (C=O) groups is 3.